The number of hydrogen-bond acceptors (Lipinski definition) is 4. The lowest BCUT2D eigenvalue weighted by Crippen LogP contribution is -2.35. The van der Waals surface area contributed by atoms with Gasteiger partial charge in [0.15, 0.2) is 11.5 Å². The van der Waals surface area contributed by atoms with Crippen molar-refractivity contribution < 1.29 is 9.13 Å². The molecular weight excluding hydrogens is 319 g/mol. The van der Waals surface area contributed by atoms with Crippen LogP contribution in [0.4, 0.5) is 10.2 Å². The Morgan fingerprint density at radius 2 is 2.04 bits per heavy atom. The molecule has 1 atom stereocenters. The van der Waals surface area contributed by atoms with E-state index in [1.165, 1.54) is 12.1 Å². The SMILES string of the molecule is Cc1cc(C)n2nc(NCC3(c4ccc(F)cc4)CCOC3)cc2n1. The number of ether oxygens (including phenoxy) is 1. The van der Waals surface area contributed by atoms with Crippen molar-refractivity contribution in [2.75, 3.05) is 25.1 Å². The number of nitrogens with zero attached hydrogens (tertiary/aromatic N) is 3. The third kappa shape index (κ3) is 2.98. The van der Waals surface area contributed by atoms with Gasteiger partial charge in [-0.25, -0.2) is 13.9 Å². The van der Waals surface area contributed by atoms with E-state index < -0.39 is 0 Å². The molecule has 5 nitrogen and oxygen atoms in total. The molecule has 1 unspecified atom stereocenters. The molecule has 3 heterocycles. The van der Waals surface area contributed by atoms with Crippen molar-refractivity contribution in [1.82, 2.24) is 14.6 Å². The number of aromatic nitrogens is 3. The van der Waals surface area contributed by atoms with Crippen LogP contribution in [0, 0.1) is 19.7 Å². The molecule has 1 fully saturated rings. The second kappa shape index (κ2) is 6.11. The maximum atomic E-state index is 13.3. The zero-order chi connectivity index (χ0) is 17.4. The van der Waals surface area contributed by atoms with E-state index in [9.17, 15) is 4.39 Å². The Balaban J connectivity index is 1.60. The van der Waals surface area contributed by atoms with Gasteiger partial charge < -0.3 is 10.1 Å². The quantitative estimate of drug-likeness (QED) is 0.792. The first-order chi connectivity index (χ1) is 12.1. The zero-order valence-corrected chi connectivity index (χ0v) is 14.4. The summed E-state index contributed by atoms with van der Waals surface area (Å²) in [5.74, 6) is 0.567. The van der Waals surface area contributed by atoms with E-state index in [2.05, 4.69) is 15.4 Å². The molecule has 1 saturated heterocycles. The van der Waals surface area contributed by atoms with E-state index in [4.69, 9.17) is 4.74 Å². The van der Waals surface area contributed by atoms with Gasteiger partial charge in [-0.1, -0.05) is 12.1 Å². The van der Waals surface area contributed by atoms with Gasteiger partial charge in [0.2, 0.25) is 0 Å². The molecule has 0 radical (unpaired) electrons. The molecule has 25 heavy (non-hydrogen) atoms. The summed E-state index contributed by atoms with van der Waals surface area (Å²) in [4.78, 5) is 4.52. The lowest BCUT2D eigenvalue weighted by molar-refractivity contribution is 0.179. The van der Waals surface area contributed by atoms with Crippen molar-refractivity contribution in [3.8, 4) is 0 Å². The average Bonchev–Trinajstić information content (AvgIpc) is 3.21. The number of aryl methyl sites for hydroxylation is 2. The number of anilines is 1. The lowest BCUT2D eigenvalue weighted by Gasteiger charge is -2.28. The molecule has 0 spiro atoms. The van der Waals surface area contributed by atoms with Gasteiger partial charge in [-0.05, 0) is 44.0 Å². The number of nitrogens with one attached hydrogen (secondary N) is 1. The fourth-order valence-corrected chi connectivity index (χ4v) is 3.51. The van der Waals surface area contributed by atoms with Gasteiger partial charge in [0.1, 0.15) is 5.82 Å². The van der Waals surface area contributed by atoms with Crippen molar-refractivity contribution >= 4 is 11.5 Å². The molecular formula is C19H21FN4O. The molecule has 1 aliphatic heterocycles. The van der Waals surface area contributed by atoms with Gasteiger partial charge in [-0.15, -0.1) is 5.10 Å². The Morgan fingerprint density at radius 1 is 1.24 bits per heavy atom. The topological polar surface area (TPSA) is 51.5 Å². The van der Waals surface area contributed by atoms with Crippen LogP contribution in [0.2, 0.25) is 0 Å². The Bertz CT molecular complexity index is 898. The predicted octanol–water partition coefficient (Wildman–Crippen LogP) is 3.26. The first-order valence-electron chi connectivity index (χ1n) is 8.47. The van der Waals surface area contributed by atoms with E-state index in [1.807, 2.05) is 42.6 Å². The molecule has 0 bridgehead atoms. The maximum Gasteiger partial charge on any atom is 0.157 e. The van der Waals surface area contributed by atoms with E-state index in [0.717, 1.165) is 34.8 Å². The van der Waals surface area contributed by atoms with E-state index in [-0.39, 0.29) is 11.2 Å². The van der Waals surface area contributed by atoms with Gasteiger partial charge in [0, 0.05) is 36.0 Å². The summed E-state index contributed by atoms with van der Waals surface area (Å²) in [6, 6.07) is 10.7. The Labute approximate surface area is 145 Å². The zero-order valence-electron chi connectivity index (χ0n) is 14.4. The minimum Gasteiger partial charge on any atom is -0.380 e. The van der Waals surface area contributed by atoms with Gasteiger partial charge in [0.05, 0.1) is 6.61 Å². The van der Waals surface area contributed by atoms with E-state index in [0.29, 0.717) is 19.8 Å². The monoisotopic (exact) mass is 340 g/mol. The van der Waals surface area contributed by atoms with Crippen LogP contribution in [0.5, 0.6) is 0 Å². The predicted molar refractivity (Wildman–Crippen MR) is 94.5 cm³/mol. The summed E-state index contributed by atoms with van der Waals surface area (Å²) >= 11 is 0. The van der Waals surface area contributed by atoms with Crippen LogP contribution in [0.3, 0.4) is 0 Å². The summed E-state index contributed by atoms with van der Waals surface area (Å²) in [5.41, 5.74) is 3.78. The Morgan fingerprint density at radius 3 is 2.76 bits per heavy atom. The van der Waals surface area contributed by atoms with Crippen LogP contribution in [0.25, 0.3) is 5.65 Å². The molecule has 1 aromatic carbocycles. The number of fused-ring (bicyclic) bond motifs is 1. The number of benzene rings is 1. The van der Waals surface area contributed by atoms with Crippen molar-refractivity contribution in [3.63, 3.8) is 0 Å². The lowest BCUT2D eigenvalue weighted by atomic mass is 9.80. The summed E-state index contributed by atoms with van der Waals surface area (Å²) in [7, 11) is 0. The fourth-order valence-electron chi connectivity index (χ4n) is 3.51. The molecule has 1 N–H and O–H groups in total. The third-order valence-corrected chi connectivity index (χ3v) is 4.90. The minimum absolute atomic E-state index is 0.165. The first kappa shape index (κ1) is 16.0. The number of hydrogen-bond donors (Lipinski definition) is 1. The molecule has 0 amide bonds. The summed E-state index contributed by atoms with van der Waals surface area (Å²) < 4.78 is 20.8. The molecule has 4 rings (SSSR count). The van der Waals surface area contributed by atoms with Gasteiger partial charge >= 0.3 is 0 Å². The second-order valence-corrected chi connectivity index (χ2v) is 6.78. The third-order valence-electron chi connectivity index (χ3n) is 4.90. The largest absolute Gasteiger partial charge is 0.380 e. The number of rotatable bonds is 4. The standard InChI is InChI=1S/C19H21FN4O/c1-13-9-14(2)24-18(22-13)10-17(23-24)21-11-19(7-8-25-12-19)15-3-5-16(20)6-4-15/h3-6,9-10H,7-8,11-12H2,1-2H3,(H,21,23). The maximum absolute atomic E-state index is 13.3. The molecule has 6 heteroatoms. The van der Waals surface area contributed by atoms with Crippen molar-refractivity contribution in [2.45, 2.75) is 25.7 Å². The summed E-state index contributed by atoms with van der Waals surface area (Å²) in [5, 5.41) is 8.03. The average molecular weight is 340 g/mol. The second-order valence-electron chi connectivity index (χ2n) is 6.78. The first-order valence-corrected chi connectivity index (χ1v) is 8.47. The molecule has 1 aliphatic rings. The van der Waals surface area contributed by atoms with E-state index >= 15 is 0 Å². The number of halogens is 1. The summed E-state index contributed by atoms with van der Waals surface area (Å²) in [6.07, 6.45) is 0.898. The highest BCUT2D eigenvalue weighted by atomic mass is 19.1. The molecule has 130 valence electrons. The van der Waals surface area contributed by atoms with Crippen molar-refractivity contribution in [1.29, 1.82) is 0 Å². The van der Waals surface area contributed by atoms with Gasteiger partial charge in [-0.3, -0.25) is 0 Å². The van der Waals surface area contributed by atoms with Crippen LogP contribution < -0.4 is 5.32 Å². The van der Waals surface area contributed by atoms with Crippen LogP contribution >= 0.6 is 0 Å². The molecule has 0 aliphatic carbocycles. The van der Waals surface area contributed by atoms with Gasteiger partial charge in [0.25, 0.3) is 0 Å². The van der Waals surface area contributed by atoms with Crippen molar-refractivity contribution in [2.24, 2.45) is 0 Å². The summed E-state index contributed by atoms with van der Waals surface area (Å²) in [6.45, 7) is 6.01. The minimum atomic E-state index is -0.219. The van der Waals surface area contributed by atoms with Gasteiger partial charge in [-0.2, -0.15) is 0 Å². The van der Waals surface area contributed by atoms with Crippen LogP contribution in [-0.2, 0) is 10.2 Å². The highest BCUT2D eigenvalue weighted by Gasteiger charge is 2.36. The van der Waals surface area contributed by atoms with Crippen LogP contribution in [-0.4, -0.2) is 34.4 Å². The normalized spacial score (nSPS) is 20.3. The Kier molecular flexibility index (Phi) is 3.92. The highest BCUT2D eigenvalue weighted by Crippen LogP contribution is 2.33. The molecule has 3 aromatic rings. The molecule has 2 aromatic heterocycles. The Hall–Kier alpha value is -2.47. The van der Waals surface area contributed by atoms with Crippen LogP contribution in [0.1, 0.15) is 23.4 Å². The van der Waals surface area contributed by atoms with E-state index in [1.54, 1.807) is 0 Å². The highest BCUT2D eigenvalue weighted by molar-refractivity contribution is 5.52. The van der Waals surface area contributed by atoms with Crippen molar-refractivity contribution in [3.05, 3.63) is 59.2 Å². The smallest absolute Gasteiger partial charge is 0.157 e. The molecule has 0 saturated carbocycles. The van der Waals surface area contributed by atoms with Crippen LogP contribution in [0.15, 0.2) is 36.4 Å². The fraction of sp³-hybridized carbons (Fsp3) is 0.368.